The van der Waals surface area contributed by atoms with Gasteiger partial charge < -0.3 is 5.73 Å². The normalized spacial score (nSPS) is 14.4. The number of nitrogens with two attached hydrogens (primary N) is 1. The summed E-state index contributed by atoms with van der Waals surface area (Å²) in [6, 6.07) is 0. The number of fused-ring (bicyclic) bond motifs is 1. The van der Waals surface area contributed by atoms with E-state index in [0.717, 1.165) is 22.5 Å². The first-order valence-electron chi connectivity index (χ1n) is 4.77. The Kier molecular flexibility index (Phi) is 1.98. The molecule has 0 spiro atoms. The molecular weight excluding hydrogens is 176 g/mol. The number of nitrogen functional groups attached to an aromatic ring is 1. The van der Waals surface area contributed by atoms with Crippen LogP contribution in [0.4, 0.5) is 5.82 Å². The second kappa shape index (κ2) is 3.04. The quantitative estimate of drug-likeness (QED) is 0.726. The summed E-state index contributed by atoms with van der Waals surface area (Å²) in [5.74, 6) is 0.934. The Hall–Kier alpha value is -1.45. The number of aliphatic imine (C=N–C) groups is 1. The van der Waals surface area contributed by atoms with E-state index < -0.39 is 0 Å². The van der Waals surface area contributed by atoms with Gasteiger partial charge in [-0.15, -0.1) is 5.10 Å². The van der Waals surface area contributed by atoms with Crippen molar-refractivity contribution in [3.8, 4) is 0 Å². The van der Waals surface area contributed by atoms with Crippen LogP contribution in [0.3, 0.4) is 0 Å². The fraction of sp³-hybridized carbons (Fsp3) is 0.500. The van der Waals surface area contributed by atoms with Crippen molar-refractivity contribution in [1.82, 2.24) is 10.2 Å². The van der Waals surface area contributed by atoms with Crippen LogP contribution in [0.2, 0.25) is 0 Å². The van der Waals surface area contributed by atoms with Gasteiger partial charge in [0.2, 0.25) is 0 Å². The van der Waals surface area contributed by atoms with Gasteiger partial charge in [0.25, 0.3) is 0 Å². The molecule has 1 aliphatic heterocycles. The third-order valence-corrected chi connectivity index (χ3v) is 2.49. The maximum atomic E-state index is 5.76. The van der Waals surface area contributed by atoms with Crippen molar-refractivity contribution in [2.75, 3.05) is 5.73 Å². The van der Waals surface area contributed by atoms with Crippen LogP contribution in [0.25, 0.3) is 0 Å². The zero-order valence-corrected chi connectivity index (χ0v) is 8.70. The van der Waals surface area contributed by atoms with E-state index in [-0.39, 0.29) is 0 Å². The van der Waals surface area contributed by atoms with E-state index in [1.54, 1.807) is 0 Å². The predicted octanol–water partition coefficient (Wildman–Crippen LogP) is 1.33. The van der Waals surface area contributed by atoms with Crippen LogP contribution in [-0.4, -0.2) is 15.9 Å². The molecule has 14 heavy (non-hydrogen) atoms. The molecule has 0 saturated heterocycles. The van der Waals surface area contributed by atoms with Crippen LogP contribution in [0.1, 0.15) is 30.7 Å². The summed E-state index contributed by atoms with van der Waals surface area (Å²) in [4.78, 5) is 4.48. The molecule has 1 aromatic heterocycles. The van der Waals surface area contributed by atoms with Crippen LogP contribution in [-0.2, 0) is 6.54 Å². The van der Waals surface area contributed by atoms with Crippen molar-refractivity contribution in [3.63, 3.8) is 0 Å². The van der Waals surface area contributed by atoms with E-state index in [0.29, 0.717) is 18.3 Å². The minimum absolute atomic E-state index is 0.415. The van der Waals surface area contributed by atoms with E-state index in [1.807, 2.05) is 6.92 Å². The second-order valence-electron chi connectivity index (χ2n) is 3.88. The summed E-state index contributed by atoms with van der Waals surface area (Å²) >= 11 is 0. The monoisotopic (exact) mass is 190 g/mol. The first kappa shape index (κ1) is 9.12. The van der Waals surface area contributed by atoms with E-state index in [4.69, 9.17) is 5.73 Å². The molecule has 0 bridgehead atoms. The summed E-state index contributed by atoms with van der Waals surface area (Å²) in [7, 11) is 0. The first-order valence-corrected chi connectivity index (χ1v) is 4.77. The van der Waals surface area contributed by atoms with Gasteiger partial charge in [-0.05, 0) is 12.8 Å². The number of rotatable bonds is 1. The van der Waals surface area contributed by atoms with Crippen molar-refractivity contribution in [2.45, 2.75) is 27.3 Å². The highest BCUT2D eigenvalue weighted by atomic mass is 15.1. The first-order chi connectivity index (χ1) is 6.61. The molecule has 0 atom stereocenters. The molecule has 74 valence electrons. The number of aryl methyl sites for hydroxylation is 1. The SMILES string of the molecule is Cc1nnc(N)c2c1C(C(C)C)=NC2. The maximum Gasteiger partial charge on any atom is 0.151 e. The lowest BCUT2D eigenvalue weighted by atomic mass is 9.98. The third kappa shape index (κ3) is 1.18. The molecule has 0 amide bonds. The van der Waals surface area contributed by atoms with Crippen molar-refractivity contribution in [2.24, 2.45) is 10.9 Å². The number of hydrogen-bond donors (Lipinski definition) is 1. The van der Waals surface area contributed by atoms with Crippen LogP contribution < -0.4 is 5.73 Å². The van der Waals surface area contributed by atoms with Gasteiger partial charge in [0.15, 0.2) is 5.82 Å². The van der Waals surface area contributed by atoms with E-state index in [1.165, 1.54) is 0 Å². The van der Waals surface area contributed by atoms with Gasteiger partial charge in [-0.2, -0.15) is 5.10 Å². The minimum atomic E-state index is 0.415. The van der Waals surface area contributed by atoms with Crippen LogP contribution in [0.5, 0.6) is 0 Å². The van der Waals surface area contributed by atoms with Gasteiger partial charge in [-0.3, -0.25) is 4.99 Å². The van der Waals surface area contributed by atoms with Gasteiger partial charge in [0, 0.05) is 16.8 Å². The van der Waals surface area contributed by atoms with Crippen molar-refractivity contribution in [3.05, 3.63) is 16.8 Å². The van der Waals surface area contributed by atoms with Crippen LogP contribution in [0.15, 0.2) is 4.99 Å². The van der Waals surface area contributed by atoms with Crippen molar-refractivity contribution < 1.29 is 0 Å². The van der Waals surface area contributed by atoms with Gasteiger partial charge >= 0.3 is 0 Å². The Morgan fingerprint density at radius 1 is 1.29 bits per heavy atom. The number of aromatic nitrogens is 2. The van der Waals surface area contributed by atoms with Crippen LogP contribution in [0, 0.1) is 12.8 Å². The molecule has 2 heterocycles. The molecule has 1 aliphatic rings. The lowest BCUT2D eigenvalue weighted by molar-refractivity contribution is 0.879. The molecule has 0 fully saturated rings. The molecule has 0 unspecified atom stereocenters. The molecule has 2 rings (SSSR count). The van der Waals surface area contributed by atoms with Gasteiger partial charge in [-0.1, -0.05) is 13.8 Å². The average Bonchev–Trinajstić information content (AvgIpc) is 2.56. The zero-order chi connectivity index (χ0) is 10.3. The zero-order valence-electron chi connectivity index (χ0n) is 8.70. The highest BCUT2D eigenvalue weighted by molar-refractivity contribution is 6.06. The fourth-order valence-electron chi connectivity index (χ4n) is 1.80. The van der Waals surface area contributed by atoms with E-state index in [9.17, 15) is 0 Å². The molecule has 0 aliphatic carbocycles. The van der Waals surface area contributed by atoms with Crippen LogP contribution >= 0.6 is 0 Å². The minimum Gasteiger partial charge on any atom is -0.382 e. The maximum absolute atomic E-state index is 5.76. The molecule has 2 N–H and O–H groups in total. The molecule has 0 radical (unpaired) electrons. The Morgan fingerprint density at radius 2 is 2.00 bits per heavy atom. The molecule has 1 aromatic rings. The highest BCUT2D eigenvalue weighted by Gasteiger charge is 2.23. The molecule has 4 nitrogen and oxygen atoms in total. The Labute approximate surface area is 83.3 Å². The third-order valence-electron chi connectivity index (χ3n) is 2.49. The summed E-state index contributed by atoms with van der Waals surface area (Å²) in [5.41, 5.74) is 9.96. The Bertz CT molecular complexity index is 407. The van der Waals surface area contributed by atoms with Gasteiger partial charge in [0.05, 0.1) is 12.2 Å². The summed E-state index contributed by atoms with van der Waals surface area (Å²) in [6.45, 7) is 6.87. The van der Waals surface area contributed by atoms with Gasteiger partial charge in [-0.25, -0.2) is 0 Å². The smallest absolute Gasteiger partial charge is 0.151 e. The lowest BCUT2D eigenvalue weighted by Gasteiger charge is -2.09. The number of hydrogen-bond acceptors (Lipinski definition) is 4. The van der Waals surface area contributed by atoms with Crippen molar-refractivity contribution in [1.29, 1.82) is 0 Å². The number of nitrogens with zero attached hydrogens (tertiary/aromatic N) is 3. The molecule has 4 heteroatoms. The Morgan fingerprint density at radius 3 is 2.64 bits per heavy atom. The average molecular weight is 190 g/mol. The summed E-state index contributed by atoms with van der Waals surface area (Å²) in [6.07, 6.45) is 0. The topological polar surface area (TPSA) is 64.2 Å². The summed E-state index contributed by atoms with van der Waals surface area (Å²) in [5, 5.41) is 7.93. The molecule has 0 aromatic carbocycles. The highest BCUT2D eigenvalue weighted by Crippen LogP contribution is 2.27. The lowest BCUT2D eigenvalue weighted by Crippen LogP contribution is -2.12. The predicted molar refractivity (Wildman–Crippen MR) is 56.3 cm³/mol. The molecular formula is C10H14N4. The largest absolute Gasteiger partial charge is 0.382 e. The fourth-order valence-corrected chi connectivity index (χ4v) is 1.80. The number of anilines is 1. The standard InChI is InChI=1S/C10H14N4/c1-5(2)9-8-6(3)13-14-10(11)7(8)4-12-9/h5H,4H2,1-3H3,(H2,11,14). The Balaban J connectivity index is 2.60. The van der Waals surface area contributed by atoms with E-state index >= 15 is 0 Å². The van der Waals surface area contributed by atoms with E-state index in [2.05, 4.69) is 29.0 Å². The van der Waals surface area contributed by atoms with Crippen molar-refractivity contribution >= 4 is 11.5 Å². The van der Waals surface area contributed by atoms with Gasteiger partial charge in [0.1, 0.15) is 0 Å². The second-order valence-corrected chi connectivity index (χ2v) is 3.88. The summed E-state index contributed by atoms with van der Waals surface area (Å²) < 4.78 is 0. The molecule has 0 saturated carbocycles.